The average Bonchev–Trinajstić information content (AvgIpc) is 2.55. The number of fused-ring (bicyclic) bond motifs is 1. The van der Waals surface area contributed by atoms with Gasteiger partial charge >= 0.3 is 0 Å². The van der Waals surface area contributed by atoms with Crippen molar-refractivity contribution in [3.05, 3.63) is 0 Å². The van der Waals surface area contributed by atoms with E-state index in [-0.39, 0.29) is 18.6 Å². The van der Waals surface area contributed by atoms with Gasteiger partial charge in [-0.1, -0.05) is 0 Å². The molecule has 0 radical (unpaired) electrons. The summed E-state index contributed by atoms with van der Waals surface area (Å²) in [5, 5.41) is 27.9. The lowest BCUT2D eigenvalue weighted by atomic mass is 9.96. The van der Waals surface area contributed by atoms with Gasteiger partial charge in [0, 0.05) is 25.1 Å². The van der Waals surface area contributed by atoms with Gasteiger partial charge in [0.1, 0.15) is 0 Å². The maximum Gasteiger partial charge on any atom is 0.0969 e. The molecule has 4 atom stereocenters. The Morgan fingerprint density at radius 2 is 2.08 bits per heavy atom. The van der Waals surface area contributed by atoms with E-state index in [2.05, 4.69) is 4.90 Å². The van der Waals surface area contributed by atoms with E-state index in [1.54, 1.807) is 0 Å². The number of aliphatic hydroxyl groups excluding tert-OH is 3. The van der Waals surface area contributed by atoms with Gasteiger partial charge < -0.3 is 15.3 Å². The molecule has 4 heteroatoms. The van der Waals surface area contributed by atoms with Crippen molar-refractivity contribution < 1.29 is 15.3 Å². The van der Waals surface area contributed by atoms with E-state index >= 15 is 0 Å². The average molecular weight is 173 g/mol. The molecule has 0 unspecified atom stereocenters. The van der Waals surface area contributed by atoms with Crippen molar-refractivity contribution >= 4 is 0 Å². The third kappa shape index (κ3) is 1.07. The molecule has 4 nitrogen and oxygen atoms in total. The van der Waals surface area contributed by atoms with Crippen LogP contribution in [0.1, 0.15) is 6.42 Å². The second-order valence-electron chi connectivity index (χ2n) is 3.77. The lowest BCUT2D eigenvalue weighted by Crippen LogP contribution is -2.37. The van der Waals surface area contributed by atoms with Gasteiger partial charge in [0.05, 0.1) is 12.2 Å². The summed E-state index contributed by atoms with van der Waals surface area (Å²) in [6, 6.07) is -0.00926. The topological polar surface area (TPSA) is 63.9 Å². The van der Waals surface area contributed by atoms with Crippen LogP contribution in [0, 0.1) is 5.92 Å². The van der Waals surface area contributed by atoms with Crippen molar-refractivity contribution in [2.75, 3.05) is 19.7 Å². The summed E-state index contributed by atoms with van der Waals surface area (Å²) in [7, 11) is 0. The molecule has 12 heavy (non-hydrogen) atoms. The highest BCUT2D eigenvalue weighted by Gasteiger charge is 2.47. The zero-order chi connectivity index (χ0) is 8.72. The highest BCUT2D eigenvalue weighted by atomic mass is 16.3. The summed E-state index contributed by atoms with van der Waals surface area (Å²) >= 11 is 0. The van der Waals surface area contributed by atoms with Crippen LogP contribution in [-0.4, -0.2) is 58.2 Å². The molecular formula is C8H15NO3. The van der Waals surface area contributed by atoms with Crippen molar-refractivity contribution in [3.63, 3.8) is 0 Å². The lowest BCUT2D eigenvalue weighted by Gasteiger charge is -2.21. The maximum atomic E-state index is 9.57. The fourth-order valence-corrected chi connectivity index (χ4v) is 2.43. The number of nitrogens with zero attached hydrogens (tertiary/aromatic N) is 1. The highest BCUT2D eigenvalue weighted by molar-refractivity contribution is 5.00. The molecule has 0 bridgehead atoms. The summed E-state index contributed by atoms with van der Waals surface area (Å²) < 4.78 is 0. The Hall–Kier alpha value is -0.160. The van der Waals surface area contributed by atoms with Crippen molar-refractivity contribution in [1.82, 2.24) is 4.90 Å². The zero-order valence-electron chi connectivity index (χ0n) is 6.93. The molecule has 2 saturated heterocycles. The monoisotopic (exact) mass is 173 g/mol. The first-order chi connectivity index (χ1) is 5.74. The van der Waals surface area contributed by atoms with Gasteiger partial charge in [0.15, 0.2) is 0 Å². The molecule has 2 fully saturated rings. The van der Waals surface area contributed by atoms with Crippen molar-refractivity contribution in [2.24, 2.45) is 5.92 Å². The summed E-state index contributed by atoms with van der Waals surface area (Å²) in [6.07, 6.45) is -0.348. The van der Waals surface area contributed by atoms with Crippen LogP contribution in [-0.2, 0) is 0 Å². The second kappa shape index (κ2) is 2.96. The van der Waals surface area contributed by atoms with Crippen LogP contribution < -0.4 is 0 Å². The minimum atomic E-state index is -0.662. The molecule has 70 valence electrons. The Kier molecular flexibility index (Phi) is 2.08. The fourth-order valence-electron chi connectivity index (χ4n) is 2.43. The maximum absolute atomic E-state index is 9.57. The standard InChI is InChI=1S/C8H15NO3/c10-4-5-1-2-9-3-6(11)8(12)7(5)9/h5-8,10-12H,1-4H2/t5-,6+,7-,8+/m1/s1. The van der Waals surface area contributed by atoms with Gasteiger partial charge in [-0.3, -0.25) is 4.90 Å². The van der Waals surface area contributed by atoms with E-state index in [1.165, 1.54) is 0 Å². The van der Waals surface area contributed by atoms with Crippen LogP contribution in [0.3, 0.4) is 0 Å². The molecule has 0 amide bonds. The quantitative estimate of drug-likeness (QED) is 0.447. The van der Waals surface area contributed by atoms with Gasteiger partial charge in [-0.2, -0.15) is 0 Å². The molecular weight excluding hydrogens is 158 g/mol. The van der Waals surface area contributed by atoms with Crippen LogP contribution in [0.5, 0.6) is 0 Å². The van der Waals surface area contributed by atoms with Crippen LogP contribution in [0.2, 0.25) is 0 Å². The molecule has 0 aromatic carbocycles. The third-order valence-electron chi connectivity index (χ3n) is 3.09. The van der Waals surface area contributed by atoms with E-state index in [0.29, 0.717) is 6.54 Å². The van der Waals surface area contributed by atoms with E-state index < -0.39 is 12.2 Å². The van der Waals surface area contributed by atoms with E-state index in [4.69, 9.17) is 5.11 Å². The minimum Gasteiger partial charge on any atom is -0.396 e. The fraction of sp³-hybridized carbons (Fsp3) is 1.00. The first kappa shape index (κ1) is 8.44. The summed E-state index contributed by atoms with van der Waals surface area (Å²) in [5.41, 5.74) is 0. The van der Waals surface area contributed by atoms with E-state index in [1.807, 2.05) is 0 Å². The smallest absolute Gasteiger partial charge is 0.0969 e. The summed E-state index contributed by atoms with van der Waals surface area (Å²) in [4.78, 5) is 2.07. The van der Waals surface area contributed by atoms with Gasteiger partial charge in [0.25, 0.3) is 0 Å². The van der Waals surface area contributed by atoms with Crippen LogP contribution >= 0.6 is 0 Å². The van der Waals surface area contributed by atoms with Crippen LogP contribution in [0.4, 0.5) is 0 Å². The number of hydrogen-bond acceptors (Lipinski definition) is 4. The summed E-state index contributed by atoms with van der Waals surface area (Å²) in [5.74, 6) is 0.150. The van der Waals surface area contributed by atoms with Crippen molar-refractivity contribution in [3.8, 4) is 0 Å². The van der Waals surface area contributed by atoms with Gasteiger partial charge in [-0.05, 0) is 13.0 Å². The SMILES string of the molecule is OC[C@H]1CCN2C[C@H](O)[C@H](O)[C@@H]12. The van der Waals surface area contributed by atoms with Crippen LogP contribution in [0.15, 0.2) is 0 Å². The third-order valence-corrected chi connectivity index (χ3v) is 3.09. The Balaban J connectivity index is 2.10. The zero-order valence-corrected chi connectivity index (χ0v) is 6.93. The van der Waals surface area contributed by atoms with E-state index in [0.717, 1.165) is 13.0 Å². The first-order valence-corrected chi connectivity index (χ1v) is 4.45. The molecule has 2 heterocycles. The van der Waals surface area contributed by atoms with E-state index in [9.17, 15) is 10.2 Å². The van der Waals surface area contributed by atoms with Gasteiger partial charge in [-0.25, -0.2) is 0 Å². The molecule has 0 aromatic heterocycles. The Morgan fingerprint density at radius 1 is 1.33 bits per heavy atom. The minimum absolute atomic E-state index is 0.00926. The number of hydrogen-bond donors (Lipinski definition) is 3. The predicted octanol–water partition coefficient (Wildman–Crippen LogP) is -1.60. The molecule has 0 saturated carbocycles. The van der Waals surface area contributed by atoms with Gasteiger partial charge in [-0.15, -0.1) is 0 Å². The first-order valence-electron chi connectivity index (χ1n) is 4.45. The largest absolute Gasteiger partial charge is 0.396 e. The Morgan fingerprint density at radius 3 is 2.75 bits per heavy atom. The normalized spacial score (nSPS) is 48.2. The number of rotatable bonds is 1. The second-order valence-corrected chi connectivity index (χ2v) is 3.77. The molecule has 3 N–H and O–H groups in total. The number of aliphatic hydroxyl groups is 3. The highest BCUT2D eigenvalue weighted by Crippen LogP contribution is 2.32. The molecule has 2 rings (SSSR count). The van der Waals surface area contributed by atoms with Gasteiger partial charge in [0.2, 0.25) is 0 Å². The van der Waals surface area contributed by atoms with Crippen LogP contribution in [0.25, 0.3) is 0 Å². The molecule has 0 spiro atoms. The molecule has 2 aliphatic heterocycles. The molecule has 2 aliphatic rings. The van der Waals surface area contributed by atoms with Crippen molar-refractivity contribution in [1.29, 1.82) is 0 Å². The molecule has 0 aromatic rings. The Bertz CT molecular complexity index is 171. The van der Waals surface area contributed by atoms with Crippen molar-refractivity contribution in [2.45, 2.75) is 24.7 Å². The summed E-state index contributed by atoms with van der Waals surface area (Å²) in [6.45, 7) is 1.57. The predicted molar refractivity (Wildman–Crippen MR) is 42.6 cm³/mol. The Labute approximate surface area is 71.4 Å². The lowest BCUT2D eigenvalue weighted by molar-refractivity contribution is 0.0227. The molecule has 0 aliphatic carbocycles.